The number of allylic oxidation sites excluding steroid dienone is 2. The number of amides is 2. The molecule has 0 saturated carbocycles. The number of hydrogen-bond acceptors (Lipinski definition) is 5. The summed E-state index contributed by atoms with van der Waals surface area (Å²) in [5.41, 5.74) is 0.445. The number of ether oxygens (including phenoxy) is 1. The molecule has 2 amide bonds. The minimum absolute atomic E-state index is 0.180. The maximum Gasteiger partial charge on any atom is 0.353 e. The Kier molecular flexibility index (Phi) is 3.97. The first-order valence-corrected chi connectivity index (χ1v) is 8.91. The molecule has 5 nitrogen and oxygen atoms in total. The summed E-state index contributed by atoms with van der Waals surface area (Å²) in [5.74, 6) is -1.07. The van der Waals surface area contributed by atoms with Crippen molar-refractivity contribution in [2.24, 2.45) is 11.8 Å². The maximum atomic E-state index is 12.6. The van der Waals surface area contributed by atoms with Crippen LogP contribution in [0.15, 0.2) is 53.9 Å². The van der Waals surface area contributed by atoms with Gasteiger partial charge in [0.15, 0.2) is 0 Å². The number of anilines is 1. The van der Waals surface area contributed by atoms with E-state index in [1.807, 2.05) is 12.2 Å². The minimum Gasteiger partial charge on any atom is -0.422 e. The maximum absolute atomic E-state index is 12.6. The van der Waals surface area contributed by atoms with Gasteiger partial charge in [0.25, 0.3) is 0 Å². The summed E-state index contributed by atoms with van der Waals surface area (Å²) >= 11 is 1.29. The molecule has 2 atom stereocenters. The van der Waals surface area contributed by atoms with E-state index < -0.39 is 5.97 Å². The number of imide groups is 1. The van der Waals surface area contributed by atoms with Crippen molar-refractivity contribution in [2.45, 2.75) is 12.8 Å². The smallest absolute Gasteiger partial charge is 0.353 e. The van der Waals surface area contributed by atoms with Crippen LogP contribution in [0.5, 0.6) is 5.75 Å². The lowest BCUT2D eigenvalue weighted by molar-refractivity contribution is -0.122. The molecule has 6 heteroatoms. The zero-order chi connectivity index (χ0) is 17.4. The molecule has 1 aliphatic carbocycles. The predicted molar refractivity (Wildman–Crippen MR) is 93.6 cm³/mol. The van der Waals surface area contributed by atoms with E-state index in [0.717, 1.165) is 0 Å². The van der Waals surface area contributed by atoms with E-state index in [0.29, 0.717) is 29.2 Å². The van der Waals surface area contributed by atoms with E-state index in [1.54, 1.807) is 41.8 Å². The van der Waals surface area contributed by atoms with Crippen LogP contribution in [-0.2, 0) is 9.59 Å². The number of benzene rings is 1. The summed E-state index contributed by atoms with van der Waals surface area (Å²) in [6, 6.07) is 10.0. The van der Waals surface area contributed by atoms with Gasteiger partial charge < -0.3 is 4.74 Å². The molecule has 2 aliphatic rings. The van der Waals surface area contributed by atoms with Crippen molar-refractivity contribution >= 4 is 34.8 Å². The molecule has 1 aliphatic heterocycles. The summed E-state index contributed by atoms with van der Waals surface area (Å²) < 4.78 is 5.36. The van der Waals surface area contributed by atoms with Crippen molar-refractivity contribution < 1.29 is 19.1 Å². The molecule has 1 saturated heterocycles. The number of nitrogens with zero attached hydrogens (tertiary/aromatic N) is 1. The average Bonchev–Trinajstić information content (AvgIpc) is 3.24. The van der Waals surface area contributed by atoms with Crippen LogP contribution in [0.25, 0.3) is 0 Å². The van der Waals surface area contributed by atoms with Crippen molar-refractivity contribution in [3.63, 3.8) is 0 Å². The zero-order valence-electron chi connectivity index (χ0n) is 13.3. The Morgan fingerprint density at radius 1 is 1.04 bits per heavy atom. The molecule has 1 aromatic heterocycles. The van der Waals surface area contributed by atoms with E-state index >= 15 is 0 Å². The summed E-state index contributed by atoms with van der Waals surface area (Å²) in [6.45, 7) is 0. The lowest BCUT2D eigenvalue weighted by Crippen LogP contribution is -2.30. The van der Waals surface area contributed by atoms with Gasteiger partial charge in [0.05, 0.1) is 17.5 Å². The molecule has 0 unspecified atom stereocenters. The standard InChI is InChI=1S/C19H15NO4S/c21-17-14-7-1-2-8-15(14)18(22)20(17)12-5-3-6-13(11-12)24-19(23)16-9-4-10-25-16/h1-6,9-11,14-15H,7-8H2/t14-,15-/m0/s1. The number of carbonyl (C=O) groups excluding carboxylic acids is 3. The first-order valence-electron chi connectivity index (χ1n) is 8.03. The van der Waals surface area contributed by atoms with Crippen molar-refractivity contribution in [1.82, 2.24) is 0 Å². The Balaban J connectivity index is 1.58. The summed E-state index contributed by atoms with van der Waals surface area (Å²) in [5, 5.41) is 1.80. The summed E-state index contributed by atoms with van der Waals surface area (Å²) in [4.78, 5) is 39.1. The second kappa shape index (κ2) is 6.29. The number of carbonyl (C=O) groups is 3. The van der Waals surface area contributed by atoms with Crippen LogP contribution in [0.4, 0.5) is 5.69 Å². The van der Waals surface area contributed by atoms with Gasteiger partial charge in [-0.05, 0) is 36.4 Å². The first-order chi connectivity index (χ1) is 12.1. The Morgan fingerprint density at radius 3 is 2.40 bits per heavy atom. The highest BCUT2D eigenvalue weighted by Gasteiger charge is 2.47. The normalized spacial score (nSPS) is 22.2. The van der Waals surface area contributed by atoms with Gasteiger partial charge in [-0.15, -0.1) is 11.3 Å². The molecule has 0 radical (unpaired) electrons. The van der Waals surface area contributed by atoms with Crippen molar-refractivity contribution in [1.29, 1.82) is 0 Å². The first kappa shape index (κ1) is 15.8. The minimum atomic E-state index is -0.455. The largest absolute Gasteiger partial charge is 0.422 e. The highest BCUT2D eigenvalue weighted by molar-refractivity contribution is 7.12. The predicted octanol–water partition coefficient (Wildman–Crippen LogP) is 3.42. The average molecular weight is 353 g/mol. The van der Waals surface area contributed by atoms with Gasteiger partial charge in [0.1, 0.15) is 10.6 Å². The molecule has 0 N–H and O–H groups in total. The molecule has 1 aromatic carbocycles. The van der Waals surface area contributed by atoms with E-state index in [1.165, 1.54) is 16.2 Å². The SMILES string of the molecule is O=C(Oc1cccc(N2C(=O)[C@H]3CC=CC[C@@H]3C2=O)c1)c1cccs1. The lowest BCUT2D eigenvalue weighted by Gasteiger charge is -2.15. The van der Waals surface area contributed by atoms with Crippen LogP contribution in [-0.4, -0.2) is 17.8 Å². The van der Waals surface area contributed by atoms with Crippen molar-refractivity contribution in [3.05, 3.63) is 58.8 Å². The van der Waals surface area contributed by atoms with Crippen LogP contribution in [0, 0.1) is 11.8 Å². The van der Waals surface area contributed by atoms with E-state index in [2.05, 4.69) is 0 Å². The highest BCUT2D eigenvalue weighted by Crippen LogP contribution is 2.38. The van der Waals surface area contributed by atoms with E-state index in [4.69, 9.17) is 4.74 Å². The third-order valence-electron chi connectivity index (χ3n) is 4.52. The lowest BCUT2D eigenvalue weighted by atomic mass is 9.85. The molecule has 1 fully saturated rings. The number of fused-ring (bicyclic) bond motifs is 1. The second-order valence-electron chi connectivity index (χ2n) is 6.03. The fourth-order valence-electron chi connectivity index (χ4n) is 3.29. The van der Waals surface area contributed by atoms with E-state index in [-0.39, 0.29) is 23.7 Å². The number of hydrogen-bond donors (Lipinski definition) is 0. The Hall–Kier alpha value is -2.73. The van der Waals surface area contributed by atoms with Gasteiger partial charge in [0, 0.05) is 6.07 Å². The number of esters is 1. The van der Waals surface area contributed by atoms with Crippen LogP contribution < -0.4 is 9.64 Å². The third kappa shape index (κ3) is 2.78. The molecule has 25 heavy (non-hydrogen) atoms. The monoisotopic (exact) mass is 353 g/mol. The highest BCUT2D eigenvalue weighted by atomic mass is 32.1. The Morgan fingerprint density at radius 2 is 1.76 bits per heavy atom. The fourth-order valence-corrected chi connectivity index (χ4v) is 3.89. The summed E-state index contributed by atoms with van der Waals surface area (Å²) in [7, 11) is 0. The van der Waals surface area contributed by atoms with Gasteiger partial charge in [-0.25, -0.2) is 9.69 Å². The van der Waals surface area contributed by atoms with Crippen LogP contribution in [0.2, 0.25) is 0 Å². The van der Waals surface area contributed by atoms with Gasteiger partial charge >= 0.3 is 5.97 Å². The zero-order valence-corrected chi connectivity index (χ0v) is 14.1. The number of thiophene rings is 1. The molecular weight excluding hydrogens is 338 g/mol. The molecule has 4 rings (SSSR count). The van der Waals surface area contributed by atoms with Gasteiger partial charge in [-0.2, -0.15) is 0 Å². The van der Waals surface area contributed by atoms with Crippen molar-refractivity contribution in [2.75, 3.05) is 4.90 Å². The topological polar surface area (TPSA) is 63.7 Å². The van der Waals surface area contributed by atoms with Gasteiger partial charge in [-0.1, -0.05) is 24.3 Å². The van der Waals surface area contributed by atoms with Crippen LogP contribution in [0.3, 0.4) is 0 Å². The second-order valence-corrected chi connectivity index (χ2v) is 6.98. The molecule has 0 bridgehead atoms. The van der Waals surface area contributed by atoms with Crippen molar-refractivity contribution in [3.8, 4) is 5.75 Å². The quantitative estimate of drug-likeness (QED) is 0.367. The van der Waals surface area contributed by atoms with Gasteiger partial charge in [-0.3, -0.25) is 9.59 Å². The summed E-state index contributed by atoms with van der Waals surface area (Å²) in [6.07, 6.45) is 5.10. The Bertz CT molecular complexity index is 845. The van der Waals surface area contributed by atoms with Gasteiger partial charge in [0.2, 0.25) is 11.8 Å². The Labute approximate surface area is 148 Å². The molecule has 126 valence electrons. The molecule has 2 aromatic rings. The van der Waals surface area contributed by atoms with E-state index in [9.17, 15) is 14.4 Å². The molecule has 0 spiro atoms. The molecular formula is C19H15NO4S. The fraction of sp³-hybridized carbons (Fsp3) is 0.211. The van der Waals surface area contributed by atoms with Crippen LogP contribution >= 0.6 is 11.3 Å². The molecule has 2 heterocycles. The number of rotatable bonds is 3. The van der Waals surface area contributed by atoms with Crippen LogP contribution in [0.1, 0.15) is 22.5 Å². The third-order valence-corrected chi connectivity index (χ3v) is 5.37.